The third-order valence-corrected chi connectivity index (χ3v) is 6.78. The van der Waals surface area contributed by atoms with E-state index in [1.807, 2.05) is 0 Å². The van der Waals surface area contributed by atoms with E-state index in [4.69, 9.17) is 11.6 Å². The Morgan fingerprint density at radius 3 is 2.54 bits per heavy atom. The quantitative estimate of drug-likeness (QED) is 0.590. The van der Waals surface area contributed by atoms with E-state index in [9.17, 15) is 22.8 Å². The van der Waals surface area contributed by atoms with E-state index in [2.05, 4.69) is 4.98 Å². The summed E-state index contributed by atoms with van der Waals surface area (Å²) >= 11 is 6.09. The number of hydrogen-bond donors (Lipinski definition) is 0. The summed E-state index contributed by atoms with van der Waals surface area (Å²) < 4.78 is 26.6. The number of aromatic nitrogens is 4. The number of fused-ring (bicyclic) bond motifs is 1. The van der Waals surface area contributed by atoms with Gasteiger partial charge < -0.3 is 4.90 Å². The van der Waals surface area contributed by atoms with Crippen molar-refractivity contribution in [3.8, 4) is 0 Å². The second-order valence-corrected chi connectivity index (χ2v) is 8.97. The molecule has 26 heavy (non-hydrogen) atoms. The molecule has 1 atom stereocenters. The molecule has 12 heteroatoms. The maximum absolute atomic E-state index is 12.6. The second kappa shape index (κ2) is 6.23. The molecule has 142 valence electrons. The van der Waals surface area contributed by atoms with E-state index in [0.717, 1.165) is 4.57 Å². The van der Waals surface area contributed by atoms with Crippen LogP contribution >= 0.6 is 11.6 Å². The van der Waals surface area contributed by atoms with Crippen LogP contribution in [0.5, 0.6) is 0 Å². The molecular formula is C14H18ClN5O5S. The summed E-state index contributed by atoms with van der Waals surface area (Å²) in [5.41, 5.74) is -1.03. The minimum Gasteiger partial charge on any atom is -0.340 e. The molecule has 2 aromatic rings. The number of aryl methyl sites for hydroxylation is 1. The Kier molecular flexibility index (Phi) is 4.47. The molecule has 0 spiro atoms. The predicted molar refractivity (Wildman–Crippen MR) is 95.1 cm³/mol. The molecule has 1 saturated heterocycles. The topological polar surface area (TPSA) is 116 Å². The Hall–Kier alpha value is -2.14. The summed E-state index contributed by atoms with van der Waals surface area (Å²) in [5, 5.41) is -0.0981. The molecule has 1 aliphatic rings. The van der Waals surface area contributed by atoms with Gasteiger partial charge in [-0.15, -0.1) is 0 Å². The molecule has 0 N–H and O–H groups in total. The summed E-state index contributed by atoms with van der Waals surface area (Å²) in [5.74, 6) is -0.430. The van der Waals surface area contributed by atoms with E-state index in [1.54, 1.807) is 0 Å². The van der Waals surface area contributed by atoms with Crippen LogP contribution in [0.4, 0.5) is 0 Å². The lowest BCUT2D eigenvalue weighted by molar-refractivity contribution is -0.132. The van der Waals surface area contributed by atoms with Gasteiger partial charge in [-0.3, -0.25) is 23.3 Å². The van der Waals surface area contributed by atoms with Crippen molar-refractivity contribution in [3.63, 3.8) is 0 Å². The van der Waals surface area contributed by atoms with Crippen LogP contribution in [-0.4, -0.2) is 62.5 Å². The maximum atomic E-state index is 12.6. The highest BCUT2D eigenvalue weighted by Gasteiger charge is 2.33. The van der Waals surface area contributed by atoms with E-state index in [1.165, 1.54) is 35.2 Å². The van der Waals surface area contributed by atoms with Crippen molar-refractivity contribution in [1.29, 1.82) is 0 Å². The van der Waals surface area contributed by atoms with Crippen molar-refractivity contribution in [2.75, 3.05) is 18.6 Å². The number of hydrogen-bond acceptors (Lipinski definition) is 6. The van der Waals surface area contributed by atoms with Gasteiger partial charge in [0.2, 0.25) is 11.2 Å². The van der Waals surface area contributed by atoms with Crippen LogP contribution in [0.25, 0.3) is 11.2 Å². The number of imidazole rings is 1. The van der Waals surface area contributed by atoms with Crippen LogP contribution in [0.15, 0.2) is 9.59 Å². The molecule has 0 aliphatic carbocycles. The van der Waals surface area contributed by atoms with Crippen LogP contribution in [-0.2, 0) is 35.3 Å². The van der Waals surface area contributed by atoms with Gasteiger partial charge in [-0.1, -0.05) is 0 Å². The third-order valence-electron chi connectivity index (χ3n) is 4.74. The third kappa shape index (κ3) is 2.94. The van der Waals surface area contributed by atoms with E-state index in [0.29, 0.717) is 6.42 Å². The molecule has 1 fully saturated rings. The largest absolute Gasteiger partial charge is 0.340 e. The molecule has 0 saturated carbocycles. The zero-order valence-electron chi connectivity index (χ0n) is 14.5. The van der Waals surface area contributed by atoms with Crippen molar-refractivity contribution in [2.24, 2.45) is 14.1 Å². The van der Waals surface area contributed by atoms with Crippen molar-refractivity contribution in [2.45, 2.75) is 19.0 Å². The Balaban J connectivity index is 1.99. The number of carbonyl (C=O) groups excluding carboxylic acids is 1. The standard InChI is InChI=1S/C14H18ClN5O5S/c1-17(8-4-5-26(24,25)7-8)9(21)6-20-10-11(16-13(20)15)18(2)14(23)19(3)12(10)22/h8H,4-7H2,1-3H3/t8-/m0/s1. The normalized spacial score (nSPS) is 19.2. The number of amides is 1. The number of rotatable bonds is 3. The Bertz CT molecular complexity index is 1130. The molecule has 0 aromatic carbocycles. The van der Waals surface area contributed by atoms with Crippen LogP contribution in [0, 0.1) is 0 Å². The molecule has 10 nitrogen and oxygen atoms in total. The molecule has 1 aliphatic heterocycles. The average Bonchev–Trinajstić information content (AvgIpc) is 3.10. The number of sulfone groups is 1. The van der Waals surface area contributed by atoms with Crippen molar-refractivity contribution < 1.29 is 13.2 Å². The zero-order chi connectivity index (χ0) is 19.4. The summed E-state index contributed by atoms with van der Waals surface area (Å²) in [4.78, 5) is 42.4. The highest BCUT2D eigenvalue weighted by atomic mass is 35.5. The average molecular weight is 404 g/mol. The fraction of sp³-hybridized carbons (Fsp3) is 0.571. The first-order chi connectivity index (χ1) is 12.0. The number of likely N-dealkylation sites (N-methyl/N-ethyl adjacent to an activating group) is 1. The van der Waals surface area contributed by atoms with E-state index in [-0.39, 0.29) is 34.5 Å². The minimum atomic E-state index is -3.13. The highest BCUT2D eigenvalue weighted by molar-refractivity contribution is 7.91. The van der Waals surface area contributed by atoms with Gasteiger partial charge in [0, 0.05) is 27.2 Å². The van der Waals surface area contributed by atoms with Gasteiger partial charge in [0.05, 0.1) is 11.5 Å². The summed E-state index contributed by atoms with van der Waals surface area (Å²) in [6.07, 6.45) is 0.374. The van der Waals surface area contributed by atoms with Gasteiger partial charge in [0.15, 0.2) is 21.0 Å². The fourth-order valence-electron chi connectivity index (χ4n) is 3.10. The molecule has 2 aromatic heterocycles. The molecule has 3 rings (SSSR count). The monoisotopic (exact) mass is 403 g/mol. The number of halogens is 1. The first kappa shape index (κ1) is 18.6. The maximum Gasteiger partial charge on any atom is 0.332 e. The van der Waals surface area contributed by atoms with Gasteiger partial charge in [0.25, 0.3) is 5.56 Å². The Morgan fingerprint density at radius 1 is 1.31 bits per heavy atom. The second-order valence-electron chi connectivity index (χ2n) is 6.41. The molecule has 3 heterocycles. The zero-order valence-corrected chi connectivity index (χ0v) is 16.0. The predicted octanol–water partition coefficient (Wildman–Crippen LogP) is -1.27. The Morgan fingerprint density at radius 2 is 1.96 bits per heavy atom. The van der Waals surface area contributed by atoms with E-state index < -0.39 is 33.0 Å². The summed E-state index contributed by atoms with van der Waals surface area (Å²) in [6.45, 7) is -0.282. The lowest BCUT2D eigenvalue weighted by atomic mass is 10.2. The van der Waals surface area contributed by atoms with Gasteiger partial charge in [0.1, 0.15) is 6.54 Å². The summed E-state index contributed by atoms with van der Waals surface area (Å²) in [7, 11) is 1.17. The van der Waals surface area contributed by atoms with Crippen LogP contribution < -0.4 is 11.2 Å². The van der Waals surface area contributed by atoms with Crippen LogP contribution in [0.3, 0.4) is 0 Å². The first-order valence-electron chi connectivity index (χ1n) is 7.81. The van der Waals surface area contributed by atoms with Gasteiger partial charge in [-0.2, -0.15) is 4.98 Å². The van der Waals surface area contributed by atoms with Crippen LogP contribution in [0.1, 0.15) is 6.42 Å². The SMILES string of the molecule is CN(C(=O)Cn1c(Cl)nc2c1c(=O)n(C)c(=O)n2C)[C@H]1CCS(=O)(=O)C1. The lowest BCUT2D eigenvalue weighted by Crippen LogP contribution is -2.41. The molecule has 0 unspecified atom stereocenters. The van der Waals surface area contributed by atoms with Crippen LogP contribution in [0.2, 0.25) is 5.28 Å². The molecular weight excluding hydrogens is 386 g/mol. The van der Waals surface area contributed by atoms with Gasteiger partial charge in [-0.25, -0.2) is 13.2 Å². The molecule has 0 bridgehead atoms. The fourth-order valence-corrected chi connectivity index (χ4v) is 5.09. The molecule has 1 amide bonds. The number of carbonyl (C=O) groups is 1. The summed E-state index contributed by atoms with van der Waals surface area (Å²) in [6, 6.07) is -0.409. The van der Waals surface area contributed by atoms with Crippen molar-refractivity contribution in [3.05, 3.63) is 26.1 Å². The molecule has 0 radical (unpaired) electrons. The van der Waals surface area contributed by atoms with Gasteiger partial charge >= 0.3 is 5.69 Å². The smallest absolute Gasteiger partial charge is 0.332 e. The Labute approximate surface area is 153 Å². The van der Waals surface area contributed by atoms with Gasteiger partial charge in [-0.05, 0) is 18.0 Å². The first-order valence-corrected chi connectivity index (χ1v) is 10.0. The lowest BCUT2D eigenvalue weighted by Gasteiger charge is -2.23. The van der Waals surface area contributed by atoms with E-state index >= 15 is 0 Å². The highest BCUT2D eigenvalue weighted by Crippen LogP contribution is 2.19. The van der Waals surface area contributed by atoms with Crippen molar-refractivity contribution >= 4 is 38.5 Å². The number of nitrogens with zero attached hydrogens (tertiary/aromatic N) is 5. The van der Waals surface area contributed by atoms with Crippen molar-refractivity contribution in [1.82, 2.24) is 23.6 Å². The minimum absolute atomic E-state index is 0.0420.